The van der Waals surface area contributed by atoms with Gasteiger partial charge in [-0.1, -0.05) is 0 Å². The van der Waals surface area contributed by atoms with Gasteiger partial charge in [0.25, 0.3) is 0 Å². The SMILES string of the molecule is Cn1nc(-c2ccc3c(c2)OCO3)nc1N1CCOCC1. The highest BCUT2D eigenvalue weighted by molar-refractivity contribution is 5.62. The monoisotopic (exact) mass is 288 g/mol. The smallest absolute Gasteiger partial charge is 0.231 e. The minimum atomic E-state index is 0.271. The summed E-state index contributed by atoms with van der Waals surface area (Å²) in [5, 5.41) is 4.51. The van der Waals surface area contributed by atoms with Crippen molar-refractivity contribution >= 4 is 5.95 Å². The Balaban J connectivity index is 1.66. The first-order chi connectivity index (χ1) is 10.3. The number of rotatable bonds is 2. The third-order valence-corrected chi connectivity index (χ3v) is 3.66. The van der Waals surface area contributed by atoms with Gasteiger partial charge in [-0.15, -0.1) is 5.10 Å². The maximum absolute atomic E-state index is 5.40. The number of fused-ring (bicyclic) bond motifs is 1. The summed E-state index contributed by atoms with van der Waals surface area (Å²) >= 11 is 0. The molecule has 4 rings (SSSR count). The molecule has 0 unspecified atom stereocenters. The second-order valence-corrected chi connectivity index (χ2v) is 5.03. The van der Waals surface area contributed by atoms with Crippen LogP contribution in [0.1, 0.15) is 0 Å². The summed E-state index contributed by atoms with van der Waals surface area (Å²) in [4.78, 5) is 6.84. The lowest BCUT2D eigenvalue weighted by atomic mass is 10.2. The van der Waals surface area contributed by atoms with Crippen molar-refractivity contribution in [2.75, 3.05) is 38.0 Å². The molecule has 0 saturated carbocycles. The van der Waals surface area contributed by atoms with E-state index in [4.69, 9.17) is 14.2 Å². The van der Waals surface area contributed by atoms with Crippen molar-refractivity contribution in [1.29, 1.82) is 0 Å². The third-order valence-electron chi connectivity index (χ3n) is 3.66. The average Bonchev–Trinajstić information content (AvgIpc) is 3.13. The van der Waals surface area contributed by atoms with Crippen molar-refractivity contribution in [2.24, 2.45) is 7.05 Å². The van der Waals surface area contributed by atoms with E-state index in [-0.39, 0.29) is 6.79 Å². The van der Waals surface area contributed by atoms with Crippen molar-refractivity contribution < 1.29 is 14.2 Å². The van der Waals surface area contributed by atoms with E-state index in [1.54, 1.807) is 0 Å². The van der Waals surface area contributed by atoms with Crippen LogP contribution < -0.4 is 14.4 Å². The molecule has 2 aliphatic rings. The maximum Gasteiger partial charge on any atom is 0.231 e. The van der Waals surface area contributed by atoms with Gasteiger partial charge in [-0.25, -0.2) is 4.68 Å². The lowest BCUT2D eigenvalue weighted by molar-refractivity contribution is 0.121. The van der Waals surface area contributed by atoms with Crippen molar-refractivity contribution in [2.45, 2.75) is 0 Å². The summed E-state index contributed by atoms with van der Waals surface area (Å²) in [6.07, 6.45) is 0. The summed E-state index contributed by atoms with van der Waals surface area (Å²) < 4.78 is 17.9. The summed E-state index contributed by atoms with van der Waals surface area (Å²) in [6.45, 7) is 3.41. The number of anilines is 1. The molecule has 1 aromatic heterocycles. The van der Waals surface area contributed by atoms with Crippen LogP contribution in [0.3, 0.4) is 0 Å². The topological polar surface area (TPSA) is 61.6 Å². The molecule has 2 aliphatic heterocycles. The van der Waals surface area contributed by atoms with Gasteiger partial charge in [-0.05, 0) is 18.2 Å². The van der Waals surface area contributed by atoms with Crippen molar-refractivity contribution in [3.63, 3.8) is 0 Å². The van der Waals surface area contributed by atoms with E-state index in [0.29, 0.717) is 5.82 Å². The van der Waals surface area contributed by atoms with Crippen LogP contribution >= 0.6 is 0 Å². The van der Waals surface area contributed by atoms with E-state index in [2.05, 4.69) is 15.0 Å². The lowest BCUT2D eigenvalue weighted by Crippen LogP contribution is -2.37. The zero-order valence-electron chi connectivity index (χ0n) is 11.8. The molecule has 110 valence electrons. The Bertz CT molecular complexity index is 664. The van der Waals surface area contributed by atoms with E-state index in [1.807, 2.05) is 29.9 Å². The standard InChI is InChI=1S/C14H16N4O3/c1-17-14(18-4-6-19-7-5-18)15-13(16-17)10-2-3-11-12(8-10)21-9-20-11/h2-3,8H,4-7,9H2,1H3. The fraction of sp³-hybridized carbons (Fsp3) is 0.429. The molecule has 0 radical (unpaired) electrons. The van der Waals surface area contributed by atoms with Gasteiger partial charge < -0.3 is 19.1 Å². The van der Waals surface area contributed by atoms with E-state index in [1.165, 1.54) is 0 Å². The average molecular weight is 288 g/mol. The summed E-state index contributed by atoms with van der Waals surface area (Å²) in [7, 11) is 1.91. The first-order valence-electron chi connectivity index (χ1n) is 6.95. The molecule has 0 N–H and O–H groups in total. The van der Waals surface area contributed by atoms with E-state index in [0.717, 1.165) is 49.3 Å². The minimum Gasteiger partial charge on any atom is -0.454 e. The van der Waals surface area contributed by atoms with Gasteiger partial charge in [0.1, 0.15) is 0 Å². The van der Waals surface area contributed by atoms with E-state index in [9.17, 15) is 0 Å². The number of aryl methyl sites for hydroxylation is 1. The van der Waals surface area contributed by atoms with Crippen LogP contribution in [0.15, 0.2) is 18.2 Å². The number of aromatic nitrogens is 3. The fourth-order valence-corrected chi connectivity index (χ4v) is 2.57. The van der Waals surface area contributed by atoms with E-state index < -0.39 is 0 Å². The zero-order chi connectivity index (χ0) is 14.2. The minimum absolute atomic E-state index is 0.271. The lowest BCUT2D eigenvalue weighted by Gasteiger charge is -2.26. The van der Waals surface area contributed by atoms with Crippen LogP contribution in [0.2, 0.25) is 0 Å². The van der Waals surface area contributed by atoms with Crippen molar-refractivity contribution in [1.82, 2.24) is 14.8 Å². The molecule has 0 spiro atoms. The summed E-state index contributed by atoms with van der Waals surface area (Å²) in [5.41, 5.74) is 0.925. The maximum atomic E-state index is 5.40. The molecule has 0 bridgehead atoms. The number of nitrogens with zero attached hydrogens (tertiary/aromatic N) is 4. The molecule has 3 heterocycles. The number of hydrogen-bond acceptors (Lipinski definition) is 6. The predicted octanol–water partition coefficient (Wildman–Crippen LogP) is 1.05. The highest BCUT2D eigenvalue weighted by Gasteiger charge is 2.20. The predicted molar refractivity (Wildman–Crippen MR) is 75.6 cm³/mol. The Hall–Kier alpha value is -2.28. The zero-order valence-corrected chi connectivity index (χ0v) is 11.8. The Labute approximate surface area is 122 Å². The third kappa shape index (κ3) is 2.19. The highest BCUT2D eigenvalue weighted by Crippen LogP contribution is 2.35. The molecule has 0 amide bonds. The van der Waals surface area contributed by atoms with Crippen LogP contribution in [0.4, 0.5) is 5.95 Å². The van der Waals surface area contributed by atoms with Crippen LogP contribution in [0, 0.1) is 0 Å². The van der Waals surface area contributed by atoms with Crippen molar-refractivity contribution in [3.8, 4) is 22.9 Å². The molecular weight excluding hydrogens is 272 g/mol. The normalized spacial score (nSPS) is 17.3. The molecule has 2 aromatic rings. The number of morpholine rings is 1. The second kappa shape index (κ2) is 4.92. The number of hydrogen-bond donors (Lipinski definition) is 0. The van der Waals surface area contributed by atoms with Gasteiger partial charge >= 0.3 is 0 Å². The quantitative estimate of drug-likeness (QED) is 0.823. The Morgan fingerprint density at radius 1 is 1.10 bits per heavy atom. The van der Waals surface area contributed by atoms with Gasteiger partial charge in [0.15, 0.2) is 17.3 Å². The molecule has 21 heavy (non-hydrogen) atoms. The Morgan fingerprint density at radius 3 is 2.76 bits per heavy atom. The summed E-state index contributed by atoms with van der Waals surface area (Å²) in [6, 6.07) is 5.76. The molecule has 1 saturated heterocycles. The van der Waals surface area contributed by atoms with Crippen LogP contribution in [-0.4, -0.2) is 47.9 Å². The molecule has 0 aliphatic carbocycles. The second-order valence-electron chi connectivity index (χ2n) is 5.03. The Kier molecular flexibility index (Phi) is 2.92. The van der Waals surface area contributed by atoms with E-state index >= 15 is 0 Å². The fourth-order valence-electron chi connectivity index (χ4n) is 2.57. The highest BCUT2D eigenvalue weighted by atomic mass is 16.7. The molecule has 7 nitrogen and oxygen atoms in total. The molecular formula is C14H16N4O3. The van der Waals surface area contributed by atoms with Crippen LogP contribution in [0.25, 0.3) is 11.4 Å². The first kappa shape index (κ1) is 12.5. The van der Waals surface area contributed by atoms with Crippen LogP contribution in [-0.2, 0) is 11.8 Å². The first-order valence-corrected chi connectivity index (χ1v) is 6.95. The number of ether oxygens (including phenoxy) is 3. The molecule has 1 fully saturated rings. The van der Waals surface area contributed by atoms with Crippen LogP contribution in [0.5, 0.6) is 11.5 Å². The molecule has 1 aromatic carbocycles. The number of benzene rings is 1. The largest absolute Gasteiger partial charge is 0.454 e. The van der Waals surface area contributed by atoms with Gasteiger partial charge in [-0.2, -0.15) is 4.98 Å². The van der Waals surface area contributed by atoms with Gasteiger partial charge in [0.2, 0.25) is 12.7 Å². The Morgan fingerprint density at radius 2 is 1.90 bits per heavy atom. The molecule has 0 atom stereocenters. The summed E-state index contributed by atoms with van der Waals surface area (Å²) in [5.74, 6) is 3.07. The van der Waals surface area contributed by atoms with Gasteiger partial charge in [0, 0.05) is 25.7 Å². The molecule has 7 heteroatoms. The van der Waals surface area contributed by atoms with Gasteiger partial charge in [0.05, 0.1) is 13.2 Å². The van der Waals surface area contributed by atoms with Crippen molar-refractivity contribution in [3.05, 3.63) is 18.2 Å². The van der Waals surface area contributed by atoms with Gasteiger partial charge in [-0.3, -0.25) is 0 Å².